The number of methoxy groups -OCH3 is 1. The fourth-order valence-electron chi connectivity index (χ4n) is 2.10. The van der Waals surface area contributed by atoms with Gasteiger partial charge in [0.2, 0.25) is 0 Å². The van der Waals surface area contributed by atoms with E-state index in [1.165, 1.54) is 19.2 Å². The number of aliphatic hydroxyl groups is 1. The summed E-state index contributed by atoms with van der Waals surface area (Å²) in [6.07, 6.45) is 1.10. The lowest BCUT2D eigenvalue weighted by molar-refractivity contribution is -0.384. The molecule has 1 saturated heterocycles. The molecular formula is C13H18N2O5. The van der Waals surface area contributed by atoms with E-state index in [0.29, 0.717) is 44.0 Å². The predicted molar refractivity (Wildman–Crippen MR) is 73.1 cm³/mol. The summed E-state index contributed by atoms with van der Waals surface area (Å²) >= 11 is 0. The van der Waals surface area contributed by atoms with E-state index in [2.05, 4.69) is 5.32 Å². The van der Waals surface area contributed by atoms with Crippen molar-refractivity contribution in [2.75, 3.05) is 32.2 Å². The van der Waals surface area contributed by atoms with Gasteiger partial charge < -0.3 is 19.9 Å². The molecule has 0 saturated carbocycles. The van der Waals surface area contributed by atoms with Crippen molar-refractivity contribution in [1.29, 1.82) is 0 Å². The summed E-state index contributed by atoms with van der Waals surface area (Å²) in [7, 11) is 1.45. The lowest BCUT2D eigenvalue weighted by Gasteiger charge is -2.32. The molecule has 0 unspecified atom stereocenters. The van der Waals surface area contributed by atoms with Crippen molar-refractivity contribution in [2.45, 2.75) is 18.4 Å². The molecule has 0 spiro atoms. The zero-order valence-corrected chi connectivity index (χ0v) is 11.3. The molecule has 1 aromatic carbocycles. The molecule has 0 radical (unpaired) electrons. The molecular weight excluding hydrogens is 264 g/mol. The van der Waals surface area contributed by atoms with Crippen molar-refractivity contribution >= 4 is 11.4 Å². The van der Waals surface area contributed by atoms with E-state index in [-0.39, 0.29) is 5.69 Å². The molecule has 1 aliphatic rings. The van der Waals surface area contributed by atoms with E-state index in [4.69, 9.17) is 9.47 Å². The number of nitrogens with zero attached hydrogens (tertiary/aromatic N) is 1. The predicted octanol–water partition coefficient (Wildman–Crippen LogP) is 1.56. The van der Waals surface area contributed by atoms with Gasteiger partial charge in [-0.1, -0.05) is 0 Å². The van der Waals surface area contributed by atoms with Crippen molar-refractivity contribution in [1.82, 2.24) is 0 Å². The zero-order chi connectivity index (χ0) is 14.6. The first-order valence-electron chi connectivity index (χ1n) is 6.40. The van der Waals surface area contributed by atoms with Gasteiger partial charge in [0.1, 0.15) is 5.75 Å². The Morgan fingerprint density at radius 3 is 2.75 bits per heavy atom. The van der Waals surface area contributed by atoms with Crippen LogP contribution in [0.3, 0.4) is 0 Å². The molecule has 2 rings (SSSR count). The second-order valence-corrected chi connectivity index (χ2v) is 4.87. The van der Waals surface area contributed by atoms with Crippen molar-refractivity contribution in [3.63, 3.8) is 0 Å². The van der Waals surface area contributed by atoms with Crippen LogP contribution in [0, 0.1) is 10.1 Å². The molecule has 1 aromatic rings. The van der Waals surface area contributed by atoms with Gasteiger partial charge in [0.25, 0.3) is 5.69 Å². The van der Waals surface area contributed by atoms with Crippen LogP contribution >= 0.6 is 0 Å². The number of hydrogen-bond donors (Lipinski definition) is 2. The minimum Gasteiger partial charge on any atom is -0.496 e. The standard InChI is InChI=1S/C13H18N2O5/c1-19-12-7-10(6-11(8-12)15(17)18)14-9-13(16)2-4-20-5-3-13/h6-8,14,16H,2-5,9H2,1H3. The molecule has 0 bridgehead atoms. The Bertz CT molecular complexity index is 486. The van der Waals surface area contributed by atoms with Gasteiger partial charge in [0.05, 0.1) is 23.7 Å². The van der Waals surface area contributed by atoms with Gasteiger partial charge in [-0.3, -0.25) is 10.1 Å². The molecule has 0 amide bonds. The molecule has 0 aliphatic carbocycles. The minimum atomic E-state index is -0.837. The molecule has 0 atom stereocenters. The Labute approximate surface area is 116 Å². The summed E-state index contributed by atoms with van der Waals surface area (Å²) in [6.45, 7) is 1.37. The van der Waals surface area contributed by atoms with Gasteiger partial charge in [-0.15, -0.1) is 0 Å². The largest absolute Gasteiger partial charge is 0.496 e. The van der Waals surface area contributed by atoms with Crippen LogP contribution in [-0.2, 0) is 4.74 Å². The van der Waals surface area contributed by atoms with Crippen LogP contribution in [0.5, 0.6) is 5.75 Å². The van der Waals surface area contributed by atoms with E-state index in [1.807, 2.05) is 0 Å². The molecule has 0 aromatic heterocycles. The summed E-state index contributed by atoms with van der Waals surface area (Å²) in [4.78, 5) is 10.4. The number of non-ortho nitro benzene ring substituents is 1. The third-order valence-electron chi connectivity index (χ3n) is 3.38. The van der Waals surface area contributed by atoms with Gasteiger partial charge in [-0.05, 0) is 0 Å². The first kappa shape index (κ1) is 14.5. The Balaban J connectivity index is 2.08. The summed E-state index contributed by atoms with van der Waals surface area (Å²) in [6, 6.07) is 4.44. The fraction of sp³-hybridized carbons (Fsp3) is 0.538. The number of nitrogens with one attached hydrogen (secondary N) is 1. The highest BCUT2D eigenvalue weighted by Crippen LogP contribution is 2.27. The number of ether oxygens (including phenoxy) is 2. The van der Waals surface area contributed by atoms with Crippen LogP contribution in [0.4, 0.5) is 11.4 Å². The number of nitro groups is 1. The van der Waals surface area contributed by atoms with E-state index >= 15 is 0 Å². The molecule has 7 nitrogen and oxygen atoms in total. The SMILES string of the molecule is COc1cc(NCC2(O)CCOCC2)cc([N+](=O)[O-])c1. The molecule has 1 heterocycles. The minimum absolute atomic E-state index is 0.0502. The van der Waals surface area contributed by atoms with Crippen LogP contribution in [0.2, 0.25) is 0 Å². The first-order chi connectivity index (χ1) is 9.52. The van der Waals surface area contributed by atoms with Crippen LogP contribution < -0.4 is 10.1 Å². The van der Waals surface area contributed by atoms with Gasteiger partial charge in [-0.2, -0.15) is 0 Å². The van der Waals surface area contributed by atoms with Gasteiger partial charge >= 0.3 is 0 Å². The van der Waals surface area contributed by atoms with Gasteiger partial charge in [0.15, 0.2) is 0 Å². The van der Waals surface area contributed by atoms with E-state index < -0.39 is 10.5 Å². The van der Waals surface area contributed by atoms with E-state index in [9.17, 15) is 15.2 Å². The average Bonchev–Trinajstić information content (AvgIpc) is 2.45. The number of hydrogen-bond acceptors (Lipinski definition) is 6. The molecule has 1 aliphatic heterocycles. The maximum atomic E-state index is 10.8. The van der Waals surface area contributed by atoms with Crippen LogP contribution in [-0.4, -0.2) is 42.5 Å². The monoisotopic (exact) mass is 282 g/mol. The molecule has 2 N–H and O–H groups in total. The Kier molecular flexibility index (Phi) is 4.41. The fourth-order valence-corrected chi connectivity index (χ4v) is 2.10. The summed E-state index contributed by atoms with van der Waals surface area (Å²) in [5.41, 5.74) is -0.336. The van der Waals surface area contributed by atoms with Crippen molar-refractivity contribution < 1.29 is 19.5 Å². The highest BCUT2D eigenvalue weighted by Gasteiger charge is 2.29. The van der Waals surface area contributed by atoms with Crippen LogP contribution in [0.15, 0.2) is 18.2 Å². The number of benzene rings is 1. The Morgan fingerprint density at radius 1 is 1.45 bits per heavy atom. The Morgan fingerprint density at radius 2 is 2.15 bits per heavy atom. The second-order valence-electron chi connectivity index (χ2n) is 4.87. The van der Waals surface area contributed by atoms with E-state index in [0.717, 1.165) is 0 Å². The lowest BCUT2D eigenvalue weighted by atomic mass is 9.94. The van der Waals surface area contributed by atoms with Crippen molar-refractivity contribution in [2.24, 2.45) is 0 Å². The highest BCUT2D eigenvalue weighted by atomic mass is 16.6. The summed E-state index contributed by atoms with van der Waals surface area (Å²) in [5, 5.41) is 24.2. The maximum Gasteiger partial charge on any atom is 0.275 e. The normalized spacial score (nSPS) is 17.5. The number of rotatable bonds is 5. The average molecular weight is 282 g/mol. The van der Waals surface area contributed by atoms with Crippen LogP contribution in [0.25, 0.3) is 0 Å². The number of nitro benzene ring substituents is 1. The quantitative estimate of drug-likeness (QED) is 0.628. The molecule has 20 heavy (non-hydrogen) atoms. The summed E-state index contributed by atoms with van der Waals surface area (Å²) in [5.74, 6) is 0.403. The van der Waals surface area contributed by atoms with Crippen molar-refractivity contribution in [3.05, 3.63) is 28.3 Å². The topological polar surface area (TPSA) is 93.9 Å². The first-order valence-corrected chi connectivity index (χ1v) is 6.40. The third-order valence-corrected chi connectivity index (χ3v) is 3.38. The van der Waals surface area contributed by atoms with Gasteiger partial charge in [0, 0.05) is 50.4 Å². The smallest absolute Gasteiger partial charge is 0.275 e. The van der Waals surface area contributed by atoms with E-state index in [1.54, 1.807) is 6.07 Å². The van der Waals surface area contributed by atoms with Gasteiger partial charge in [-0.25, -0.2) is 0 Å². The number of anilines is 1. The highest BCUT2D eigenvalue weighted by molar-refractivity contribution is 5.56. The lowest BCUT2D eigenvalue weighted by Crippen LogP contribution is -2.42. The third kappa shape index (κ3) is 3.58. The second kappa shape index (κ2) is 6.06. The van der Waals surface area contributed by atoms with Crippen molar-refractivity contribution in [3.8, 4) is 5.75 Å². The van der Waals surface area contributed by atoms with Crippen LogP contribution in [0.1, 0.15) is 12.8 Å². The molecule has 1 fully saturated rings. The Hall–Kier alpha value is -1.86. The summed E-state index contributed by atoms with van der Waals surface area (Å²) < 4.78 is 10.2. The molecule has 7 heteroatoms. The maximum absolute atomic E-state index is 10.8. The zero-order valence-electron chi connectivity index (χ0n) is 11.3. The molecule has 110 valence electrons.